The van der Waals surface area contributed by atoms with Crippen molar-refractivity contribution in [2.75, 3.05) is 0 Å². The van der Waals surface area contributed by atoms with Gasteiger partial charge in [0.15, 0.2) is 11.6 Å². The highest BCUT2D eigenvalue weighted by molar-refractivity contribution is 6.03. The summed E-state index contributed by atoms with van der Waals surface area (Å²) in [4.78, 5) is 22.0. The van der Waals surface area contributed by atoms with E-state index in [0.717, 1.165) is 39.0 Å². The van der Waals surface area contributed by atoms with Crippen LogP contribution in [-0.4, -0.2) is 21.8 Å². The second-order valence-corrected chi connectivity index (χ2v) is 7.98. The second-order valence-electron chi connectivity index (χ2n) is 7.98. The molecule has 0 saturated carbocycles. The number of hydrogen-bond acceptors (Lipinski definition) is 4. The van der Waals surface area contributed by atoms with E-state index in [1.54, 1.807) is 24.3 Å². The zero-order valence-corrected chi connectivity index (χ0v) is 19.7. The van der Waals surface area contributed by atoms with Gasteiger partial charge in [0.1, 0.15) is 11.5 Å². The van der Waals surface area contributed by atoms with Gasteiger partial charge < -0.3 is 10.2 Å². The Morgan fingerprint density at radius 1 is 0.545 bits per heavy atom. The van der Waals surface area contributed by atoms with Crippen LogP contribution in [0.1, 0.15) is 29.2 Å². The first kappa shape index (κ1) is 25.3. The molecule has 0 fully saturated rings. The number of para-hydroxylation sites is 2. The monoisotopic (exact) mass is 442 g/mol. The van der Waals surface area contributed by atoms with Gasteiger partial charge in [-0.2, -0.15) is 0 Å². The highest BCUT2D eigenvalue weighted by Crippen LogP contribution is 2.23. The van der Waals surface area contributed by atoms with E-state index in [0.29, 0.717) is 11.5 Å². The fourth-order valence-corrected chi connectivity index (χ4v) is 3.21. The summed E-state index contributed by atoms with van der Waals surface area (Å²) in [5.41, 5.74) is 6.65. The van der Waals surface area contributed by atoms with Gasteiger partial charge in [0.05, 0.1) is 0 Å². The summed E-state index contributed by atoms with van der Waals surface area (Å²) >= 11 is 0. The molecule has 0 atom stereocenters. The van der Waals surface area contributed by atoms with Crippen LogP contribution < -0.4 is 0 Å². The number of benzene rings is 2. The van der Waals surface area contributed by atoms with Crippen molar-refractivity contribution < 1.29 is 19.8 Å². The molecular formula is C29H30O4. The number of carbonyl (C=O) groups excluding carboxylic acids is 2. The Morgan fingerprint density at radius 2 is 0.939 bits per heavy atom. The number of rotatable bonds is 0. The van der Waals surface area contributed by atoms with Crippen LogP contribution in [0.5, 0.6) is 11.5 Å². The van der Waals surface area contributed by atoms with E-state index in [2.05, 4.69) is 0 Å². The van der Waals surface area contributed by atoms with Gasteiger partial charge >= 0.3 is 0 Å². The highest BCUT2D eigenvalue weighted by atomic mass is 16.3. The van der Waals surface area contributed by atoms with Gasteiger partial charge in [-0.25, -0.2) is 0 Å². The van der Waals surface area contributed by atoms with Crippen molar-refractivity contribution in [3.05, 3.63) is 118 Å². The Hall–Kier alpha value is -3.92. The van der Waals surface area contributed by atoms with Crippen LogP contribution in [0.4, 0.5) is 0 Å². The van der Waals surface area contributed by atoms with Crippen molar-refractivity contribution in [1.29, 1.82) is 0 Å². The number of allylic oxidation sites excluding steroid dienone is 10. The predicted octanol–water partition coefficient (Wildman–Crippen LogP) is 6.08. The molecule has 170 valence electrons. The van der Waals surface area contributed by atoms with Crippen molar-refractivity contribution in [2.45, 2.75) is 34.6 Å². The zero-order chi connectivity index (χ0) is 24.5. The van der Waals surface area contributed by atoms with Gasteiger partial charge in [-0.15, -0.1) is 0 Å². The zero-order valence-electron chi connectivity index (χ0n) is 19.7. The molecule has 2 N–H and O–H groups in total. The van der Waals surface area contributed by atoms with Crippen LogP contribution in [0.15, 0.2) is 95.6 Å². The minimum Gasteiger partial charge on any atom is -0.507 e. The number of aryl methyl sites for hydroxylation is 4. The fourth-order valence-electron chi connectivity index (χ4n) is 3.21. The standard InChI is InChI=1S/C13H10O2.2C8H10O/c1-9-8-12(15)6-7-13(9)10-2-4-11(14)5-3-10;2*1-6-4-3-5-7(2)8(6)9/h2-8H,1H3;2*3-5,9H,1-2H3. The van der Waals surface area contributed by atoms with Crippen LogP contribution in [-0.2, 0) is 9.59 Å². The van der Waals surface area contributed by atoms with Crippen LogP contribution in [0.25, 0.3) is 0 Å². The first-order valence-corrected chi connectivity index (χ1v) is 10.7. The fraction of sp³-hybridized carbons (Fsp3) is 0.172. The van der Waals surface area contributed by atoms with E-state index in [1.807, 2.05) is 71.0 Å². The summed E-state index contributed by atoms with van der Waals surface area (Å²) in [5.74, 6) is 0.837. The first-order chi connectivity index (χ1) is 15.6. The van der Waals surface area contributed by atoms with Crippen molar-refractivity contribution >= 4 is 11.6 Å². The largest absolute Gasteiger partial charge is 0.507 e. The molecule has 2 aliphatic rings. The molecule has 0 aliphatic heterocycles. The molecule has 4 nitrogen and oxygen atoms in total. The third-order valence-corrected chi connectivity index (χ3v) is 5.24. The minimum absolute atomic E-state index is 0.00292. The lowest BCUT2D eigenvalue weighted by Gasteiger charge is -2.11. The minimum atomic E-state index is -0.00292. The molecule has 2 aromatic rings. The van der Waals surface area contributed by atoms with Gasteiger partial charge in [-0.3, -0.25) is 9.59 Å². The first-order valence-electron chi connectivity index (χ1n) is 10.7. The van der Waals surface area contributed by atoms with E-state index < -0.39 is 0 Å². The van der Waals surface area contributed by atoms with E-state index in [1.165, 1.54) is 18.2 Å². The summed E-state index contributed by atoms with van der Waals surface area (Å²) < 4.78 is 0. The maximum absolute atomic E-state index is 11.1. The van der Waals surface area contributed by atoms with Crippen molar-refractivity contribution in [3.63, 3.8) is 0 Å². The Kier molecular flexibility index (Phi) is 8.93. The molecule has 2 aromatic carbocycles. The summed E-state index contributed by atoms with van der Waals surface area (Å²) in [7, 11) is 0. The summed E-state index contributed by atoms with van der Waals surface area (Å²) in [6.07, 6.45) is 11.5. The smallest absolute Gasteiger partial charge is 0.178 e. The number of carbonyl (C=O) groups is 2. The Labute approximate surface area is 195 Å². The molecule has 0 heterocycles. The molecule has 2 aliphatic carbocycles. The van der Waals surface area contributed by atoms with Crippen LogP contribution >= 0.6 is 0 Å². The maximum atomic E-state index is 11.1. The van der Waals surface area contributed by atoms with Crippen molar-refractivity contribution in [3.8, 4) is 11.5 Å². The molecule has 0 bridgehead atoms. The average Bonchev–Trinajstić information content (AvgIpc) is 2.77. The third-order valence-electron chi connectivity index (χ3n) is 5.24. The Morgan fingerprint density at radius 3 is 1.30 bits per heavy atom. The molecule has 0 saturated heterocycles. The lowest BCUT2D eigenvalue weighted by Crippen LogP contribution is -2.01. The van der Waals surface area contributed by atoms with Gasteiger partial charge in [-0.1, -0.05) is 54.6 Å². The van der Waals surface area contributed by atoms with Crippen LogP contribution in [0.3, 0.4) is 0 Å². The second kappa shape index (κ2) is 11.6. The van der Waals surface area contributed by atoms with E-state index in [-0.39, 0.29) is 11.6 Å². The summed E-state index contributed by atoms with van der Waals surface area (Å²) in [6.45, 7) is 9.46. The van der Waals surface area contributed by atoms with Gasteiger partial charge in [0.2, 0.25) is 0 Å². The van der Waals surface area contributed by atoms with E-state index in [9.17, 15) is 19.8 Å². The van der Waals surface area contributed by atoms with Crippen LogP contribution in [0.2, 0.25) is 0 Å². The third kappa shape index (κ3) is 7.32. The lowest BCUT2D eigenvalue weighted by atomic mass is 9.93. The molecule has 0 aromatic heterocycles. The Balaban J connectivity index is 0.000000186. The molecule has 4 heteroatoms. The van der Waals surface area contributed by atoms with E-state index >= 15 is 0 Å². The number of aromatic hydroxyl groups is 2. The van der Waals surface area contributed by atoms with Crippen molar-refractivity contribution in [1.82, 2.24) is 0 Å². The SMILES string of the molecule is CC1=CC(=O)C=CC1=C1C=CC(=O)C=C1.Cc1cccc(C)c1O.Cc1cccc(C)c1O. The predicted molar refractivity (Wildman–Crippen MR) is 133 cm³/mol. The molecule has 0 amide bonds. The highest BCUT2D eigenvalue weighted by Gasteiger charge is 2.10. The molecule has 0 unspecified atom stereocenters. The maximum Gasteiger partial charge on any atom is 0.178 e. The average molecular weight is 443 g/mol. The topological polar surface area (TPSA) is 74.6 Å². The van der Waals surface area contributed by atoms with E-state index in [4.69, 9.17) is 0 Å². The molecule has 0 spiro atoms. The quantitative estimate of drug-likeness (QED) is 0.518. The summed E-state index contributed by atoms with van der Waals surface area (Å²) in [5, 5.41) is 18.4. The number of phenols is 2. The van der Waals surface area contributed by atoms with Crippen LogP contribution in [0, 0.1) is 27.7 Å². The number of hydrogen-bond donors (Lipinski definition) is 2. The van der Waals surface area contributed by atoms with Gasteiger partial charge in [0, 0.05) is 0 Å². The molecule has 0 radical (unpaired) electrons. The van der Waals surface area contributed by atoms with Gasteiger partial charge in [-0.05, 0) is 97.9 Å². The summed E-state index contributed by atoms with van der Waals surface area (Å²) in [6, 6.07) is 11.4. The molecular weight excluding hydrogens is 412 g/mol. The molecule has 33 heavy (non-hydrogen) atoms. The number of ketones is 2. The van der Waals surface area contributed by atoms with Crippen molar-refractivity contribution in [2.24, 2.45) is 0 Å². The lowest BCUT2D eigenvalue weighted by molar-refractivity contribution is -0.111. The molecule has 4 rings (SSSR count). The van der Waals surface area contributed by atoms with Gasteiger partial charge in [0.25, 0.3) is 0 Å². The normalized spacial score (nSPS) is 14.3. The number of phenolic OH excluding ortho intramolecular Hbond substituents is 2. The Bertz CT molecular complexity index is 1100.